The van der Waals surface area contributed by atoms with E-state index in [9.17, 15) is 9.90 Å². The number of halogens is 2. The van der Waals surface area contributed by atoms with Gasteiger partial charge in [0.2, 0.25) is 5.79 Å². The topological polar surface area (TPSA) is 132 Å². The average molecular weight is 723 g/mol. The number of hydrogen-bond acceptors (Lipinski definition) is 10. The van der Waals surface area contributed by atoms with Gasteiger partial charge in [-0.2, -0.15) is 5.10 Å². The lowest BCUT2D eigenvalue weighted by Gasteiger charge is -2.37. The lowest BCUT2D eigenvalue weighted by Crippen LogP contribution is -2.46. The maximum Gasteiger partial charge on any atom is 0.350 e. The van der Waals surface area contributed by atoms with Crippen molar-refractivity contribution in [2.45, 2.75) is 31.1 Å². The maximum atomic E-state index is 12.7. The second kappa shape index (κ2) is 14.9. The minimum absolute atomic E-state index is 0.0676. The molecule has 0 radical (unpaired) electrons. The molecular weight excluding hydrogens is 685 g/mol. The third kappa shape index (κ3) is 7.38. The summed E-state index contributed by atoms with van der Waals surface area (Å²) in [7, 11) is 0. The number of aliphatic hydroxyl groups excluding tert-OH is 2. The molecule has 262 valence electrons. The summed E-state index contributed by atoms with van der Waals surface area (Å²) in [6.07, 6.45) is 5.31. The number of piperazine rings is 1. The number of rotatable bonds is 12. The standard InChI is InChI=1S/C35H37Cl2N7O6/c36-25-1-10-32(33(37)17-25)35(22-40-12-11-38-23-40)49-21-31(50-35)20-48-30-8-6-27(7-9-30)42-15-13-41(14-16-42)26-2-4-28(5-3-26)43-24-39-44(34(43)47)18-29(46)19-45/h1-12,17,23-24,29,31,45-46H,13-16,18-22H2. The van der Waals surface area contributed by atoms with Crippen molar-refractivity contribution < 1.29 is 24.4 Å². The minimum Gasteiger partial charge on any atom is -0.491 e. The molecule has 2 aliphatic heterocycles. The van der Waals surface area contributed by atoms with E-state index in [2.05, 4.69) is 32.0 Å². The minimum atomic E-state index is -1.11. The van der Waals surface area contributed by atoms with Crippen LogP contribution in [0, 0.1) is 0 Å². The van der Waals surface area contributed by atoms with Crippen molar-refractivity contribution in [1.82, 2.24) is 23.9 Å². The molecule has 3 atom stereocenters. The third-order valence-corrected chi connectivity index (χ3v) is 9.44. The van der Waals surface area contributed by atoms with E-state index in [-0.39, 0.29) is 18.3 Å². The number of aliphatic hydroxyl groups is 2. The second-order valence-electron chi connectivity index (χ2n) is 12.3. The van der Waals surface area contributed by atoms with Crippen LogP contribution in [-0.4, -0.2) is 92.3 Å². The quantitative estimate of drug-likeness (QED) is 0.197. The maximum absolute atomic E-state index is 12.7. The van der Waals surface area contributed by atoms with Crippen molar-refractivity contribution in [3.05, 3.63) is 118 Å². The first-order valence-electron chi connectivity index (χ1n) is 16.3. The molecule has 0 saturated carbocycles. The Morgan fingerprint density at radius 2 is 1.62 bits per heavy atom. The lowest BCUT2D eigenvalue weighted by molar-refractivity contribution is -0.189. The smallest absolute Gasteiger partial charge is 0.350 e. The number of aromatic nitrogens is 5. The van der Waals surface area contributed by atoms with Gasteiger partial charge in [-0.15, -0.1) is 0 Å². The van der Waals surface area contributed by atoms with E-state index >= 15 is 0 Å². The number of hydrogen-bond donors (Lipinski definition) is 2. The van der Waals surface area contributed by atoms with Gasteiger partial charge in [-0.1, -0.05) is 29.3 Å². The van der Waals surface area contributed by atoms with Gasteiger partial charge >= 0.3 is 5.69 Å². The first-order chi connectivity index (χ1) is 24.3. The van der Waals surface area contributed by atoms with Crippen molar-refractivity contribution in [3.63, 3.8) is 0 Å². The molecule has 13 nitrogen and oxygen atoms in total. The van der Waals surface area contributed by atoms with Crippen LogP contribution >= 0.6 is 23.2 Å². The molecule has 15 heteroatoms. The molecule has 3 aromatic carbocycles. The number of nitrogens with zero attached hydrogens (tertiary/aromatic N) is 7. The zero-order valence-electron chi connectivity index (χ0n) is 27.1. The molecule has 7 rings (SSSR count). The van der Waals surface area contributed by atoms with Crippen molar-refractivity contribution in [2.75, 3.05) is 55.8 Å². The summed E-state index contributed by atoms with van der Waals surface area (Å²) < 4.78 is 23.4. The zero-order chi connectivity index (χ0) is 34.7. The molecule has 0 spiro atoms. The van der Waals surface area contributed by atoms with Crippen LogP contribution in [0.4, 0.5) is 11.4 Å². The molecular formula is C35H37Cl2N7O6. The van der Waals surface area contributed by atoms with E-state index in [1.54, 1.807) is 24.7 Å². The van der Waals surface area contributed by atoms with Crippen LogP contribution in [0.5, 0.6) is 5.75 Å². The van der Waals surface area contributed by atoms with Crippen LogP contribution in [0.3, 0.4) is 0 Å². The largest absolute Gasteiger partial charge is 0.491 e. The van der Waals surface area contributed by atoms with E-state index < -0.39 is 18.5 Å². The number of ether oxygens (including phenoxy) is 3. The van der Waals surface area contributed by atoms with Gasteiger partial charge in [0, 0.05) is 60.5 Å². The first-order valence-corrected chi connectivity index (χ1v) is 17.1. The summed E-state index contributed by atoms with van der Waals surface area (Å²) in [5.74, 6) is -0.373. The van der Waals surface area contributed by atoms with Crippen LogP contribution < -0.4 is 20.2 Å². The van der Waals surface area contributed by atoms with Gasteiger partial charge in [0.1, 0.15) is 24.8 Å². The summed E-state index contributed by atoms with van der Waals surface area (Å²) in [4.78, 5) is 21.5. The average Bonchev–Trinajstić information content (AvgIpc) is 3.89. The molecule has 3 unspecified atom stereocenters. The Hall–Kier alpha value is -4.37. The van der Waals surface area contributed by atoms with Crippen LogP contribution in [0.2, 0.25) is 10.0 Å². The predicted molar refractivity (Wildman–Crippen MR) is 188 cm³/mol. The summed E-state index contributed by atoms with van der Waals surface area (Å²) in [6, 6.07) is 21.1. The van der Waals surface area contributed by atoms with E-state index in [1.165, 1.54) is 10.9 Å². The molecule has 2 aromatic heterocycles. The van der Waals surface area contributed by atoms with Gasteiger partial charge in [-0.3, -0.25) is 0 Å². The van der Waals surface area contributed by atoms with Gasteiger partial charge in [0.05, 0.1) is 49.4 Å². The summed E-state index contributed by atoms with van der Waals surface area (Å²) in [5.41, 5.74) is 3.18. The molecule has 2 saturated heterocycles. The fraction of sp³-hybridized carbons (Fsp3) is 0.343. The van der Waals surface area contributed by atoms with Crippen molar-refractivity contribution in [2.24, 2.45) is 0 Å². The Bertz CT molecular complexity index is 1930. The highest BCUT2D eigenvalue weighted by atomic mass is 35.5. The molecule has 0 aliphatic carbocycles. The first kappa shape index (κ1) is 34.1. The SMILES string of the molecule is O=c1n(-c2ccc(N3CCN(c4ccc(OCC5COC(Cn6ccnc6)(c6ccc(Cl)cc6Cl)O5)cc4)CC3)cc2)cnn1CC(O)CO. The van der Waals surface area contributed by atoms with E-state index in [1.807, 2.05) is 53.2 Å². The predicted octanol–water partition coefficient (Wildman–Crippen LogP) is 3.56. The Balaban J connectivity index is 0.918. The highest BCUT2D eigenvalue weighted by Crippen LogP contribution is 2.40. The van der Waals surface area contributed by atoms with E-state index in [0.717, 1.165) is 48.0 Å². The van der Waals surface area contributed by atoms with Crippen LogP contribution in [-0.2, 0) is 28.4 Å². The van der Waals surface area contributed by atoms with Crippen LogP contribution in [0.1, 0.15) is 5.56 Å². The normalized spacial score (nSPS) is 20.0. The number of benzene rings is 3. The molecule has 2 N–H and O–H groups in total. The van der Waals surface area contributed by atoms with Gasteiger partial charge in [0.25, 0.3) is 0 Å². The Morgan fingerprint density at radius 1 is 0.940 bits per heavy atom. The fourth-order valence-corrected chi connectivity index (χ4v) is 6.81. The van der Waals surface area contributed by atoms with Gasteiger partial charge in [0.15, 0.2) is 0 Å². The Kier molecular flexibility index (Phi) is 10.1. The van der Waals surface area contributed by atoms with E-state index in [4.69, 9.17) is 42.5 Å². The highest BCUT2D eigenvalue weighted by molar-refractivity contribution is 6.35. The van der Waals surface area contributed by atoms with Gasteiger partial charge in [-0.05, 0) is 60.7 Å². The van der Waals surface area contributed by atoms with Crippen molar-refractivity contribution in [3.8, 4) is 11.4 Å². The molecule has 2 fully saturated rings. The second-order valence-corrected chi connectivity index (χ2v) is 13.1. The Morgan fingerprint density at radius 3 is 2.26 bits per heavy atom. The summed E-state index contributed by atoms with van der Waals surface area (Å²) in [6.45, 7) is 3.87. The van der Waals surface area contributed by atoms with Crippen molar-refractivity contribution in [1.29, 1.82) is 0 Å². The van der Waals surface area contributed by atoms with Gasteiger partial charge < -0.3 is 38.8 Å². The Labute approximate surface area is 298 Å². The monoisotopic (exact) mass is 721 g/mol. The molecule has 2 aliphatic rings. The van der Waals surface area contributed by atoms with Crippen LogP contribution in [0.15, 0.2) is 96.6 Å². The number of imidazole rings is 1. The molecule has 50 heavy (non-hydrogen) atoms. The lowest BCUT2D eigenvalue weighted by atomic mass is 10.1. The van der Waals surface area contributed by atoms with E-state index in [0.29, 0.717) is 41.1 Å². The highest BCUT2D eigenvalue weighted by Gasteiger charge is 2.45. The number of anilines is 2. The van der Waals surface area contributed by atoms with Crippen molar-refractivity contribution >= 4 is 34.6 Å². The molecule has 5 aromatic rings. The fourth-order valence-electron chi connectivity index (χ4n) is 6.26. The summed E-state index contributed by atoms with van der Waals surface area (Å²) >= 11 is 12.8. The molecule has 0 amide bonds. The third-order valence-electron chi connectivity index (χ3n) is 8.89. The molecule has 4 heterocycles. The summed E-state index contributed by atoms with van der Waals surface area (Å²) in [5, 5.41) is 23.8. The zero-order valence-corrected chi connectivity index (χ0v) is 28.6. The van der Waals surface area contributed by atoms with Gasteiger partial charge in [-0.25, -0.2) is 19.0 Å². The molecule has 0 bridgehead atoms. The van der Waals surface area contributed by atoms with Crippen LogP contribution in [0.25, 0.3) is 5.69 Å².